The quantitative estimate of drug-likeness (QED) is 0.741. The van der Waals surface area contributed by atoms with Crippen molar-refractivity contribution >= 4 is 21.8 Å². The first-order valence-electron chi connectivity index (χ1n) is 6.84. The van der Waals surface area contributed by atoms with Crippen molar-refractivity contribution in [3.8, 4) is 0 Å². The standard InChI is InChI=1S/C14H24BrN3O2/c1-8(2)11-10(15)12(18-17-11)13(20)16-7-14(4,5)6-9(3)19/h8-9,19H,6-7H2,1-5H3,(H,16,20)(H,17,18). The molecule has 5 nitrogen and oxygen atoms in total. The second-order valence-corrected chi connectivity index (χ2v) is 7.15. The first-order chi connectivity index (χ1) is 9.14. The summed E-state index contributed by atoms with van der Waals surface area (Å²) < 4.78 is 0.721. The van der Waals surface area contributed by atoms with Crippen molar-refractivity contribution in [2.45, 2.75) is 53.1 Å². The highest BCUT2D eigenvalue weighted by molar-refractivity contribution is 9.10. The number of amides is 1. The summed E-state index contributed by atoms with van der Waals surface area (Å²) >= 11 is 3.42. The highest BCUT2D eigenvalue weighted by Gasteiger charge is 2.24. The first-order valence-corrected chi connectivity index (χ1v) is 7.63. The molecule has 1 unspecified atom stereocenters. The van der Waals surface area contributed by atoms with Crippen LogP contribution in [0.5, 0.6) is 0 Å². The number of rotatable bonds is 6. The molecule has 0 bridgehead atoms. The van der Waals surface area contributed by atoms with Crippen molar-refractivity contribution in [2.24, 2.45) is 5.41 Å². The lowest BCUT2D eigenvalue weighted by molar-refractivity contribution is 0.0896. The SMILES string of the molecule is CC(O)CC(C)(C)CNC(=O)c1n[nH]c(C(C)C)c1Br. The molecule has 6 heteroatoms. The molecular formula is C14H24BrN3O2. The summed E-state index contributed by atoms with van der Waals surface area (Å²) in [5.41, 5.74) is 1.13. The van der Waals surface area contributed by atoms with Crippen LogP contribution >= 0.6 is 15.9 Å². The number of aromatic nitrogens is 2. The van der Waals surface area contributed by atoms with Crippen LogP contribution in [0.15, 0.2) is 4.47 Å². The molecule has 0 aliphatic heterocycles. The molecule has 1 aromatic rings. The van der Waals surface area contributed by atoms with E-state index in [1.165, 1.54) is 0 Å². The number of carbonyl (C=O) groups is 1. The first kappa shape index (κ1) is 17.2. The Morgan fingerprint density at radius 1 is 1.45 bits per heavy atom. The molecule has 0 aromatic carbocycles. The van der Waals surface area contributed by atoms with Gasteiger partial charge in [0.05, 0.1) is 16.3 Å². The molecule has 0 saturated heterocycles. The molecule has 0 radical (unpaired) electrons. The van der Waals surface area contributed by atoms with Crippen LogP contribution in [-0.4, -0.2) is 33.9 Å². The van der Waals surface area contributed by atoms with Gasteiger partial charge in [-0.05, 0) is 40.6 Å². The van der Waals surface area contributed by atoms with Gasteiger partial charge < -0.3 is 10.4 Å². The molecule has 1 amide bonds. The molecule has 0 fully saturated rings. The van der Waals surface area contributed by atoms with E-state index in [0.717, 1.165) is 10.2 Å². The van der Waals surface area contributed by atoms with E-state index < -0.39 is 0 Å². The number of nitrogens with zero attached hydrogens (tertiary/aromatic N) is 1. The lowest BCUT2D eigenvalue weighted by Crippen LogP contribution is -2.36. The van der Waals surface area contributed by atoms with Crippen LogP contribution < -0.4 is 5.32 Å². The highest BCUT2D eigenvalue weighted by atomic mass is 79.9. The van der Waals surface area contributed by atoms with Gasteiger partial charge in [0.25, 0.3) is 5.91 Å². The summed E-state index contributed by atoms with van der Waals surface area (Å²) in [6.07, 6.45) is 0.248. The Bertz CT molecular complexity index is 467. The van der Waals surface area contributed by atoms with Gasteiger partial charge in [-0.15, -0.1) is 0 Å². The van der Waals surface area contributed by atoms with E-state index in [4.69, 9.17) is 0 Å². The molecular weight excluding hydrogens is 322 g/mol. The van der Waals surface area contributed by atoms with Crippen molar-refractivity contribution in [1.82, 2.24) is 15.5 Å². The summed E-state index contributed by atoms with van der Waals surface area (Å²) in [5, 5.41) is 19.3. The highest BCUT2D eigenvalue weighted by Crippen LogP contribution is 2.26. The fraction of sp³-hybridized carbons (Fsp3) is 0.714. The van der Waals surface area contributed by atoms with Crippen molar-refractivity contribution in [1.29, 1.82) is 0 Å². The maximum absolute atomic E-state index is 12.1. The minimum absolute atomic E-state index is 0.159. The summed E-state index contributed by atoms with van der Waals surface area (Å²) in [5.74, 6) is 0.0591. The molecule has 1 atom stereocenters. The Balaban J connectivity index is 2.68. The number of aliphatic hydroxyl groups excluding tert-OH is 1. The second kappa shape index (κ2) is 6.72. The van der Waals surface area contributed by atoms with E-state index >= 15 is 0 Å². The third-order valence-electron chi connectivity index (χ3n) is 3.10. The van der Waals surface area contributed by atoms with Gasteiger partial charge in [0.1, 0.15) is 0 Å². The number of hydrogen-bond donors (Lipinski definition) is 3. The molecule has 1 heterocycles. The van der Waals surface area contributed by atoms with E-state index in [2.05, 4.69) is 31.4 Å². The average molecular weight is 346 g/mol. The maximum Gasteiger partial charge on any atom is 0.272 e. The molecule has 0 aliphatic carbocycles. The van der Waals surface area contributed by atoms with E-state index in [0.29, 0.717) is 18.7 Å². The number of aliphatic hydroxyl groups is 1. The van der Waals surface area contributed by atoms with Crippen LogP contribution in [0.2, 0.25) is 0 Å². The Labute approximate surface area is 128 Å². The molecule has 0 spiro atoms. The molecule has 1 rings (SSSR count). The zero-order valence-corrected chi connectivity index (χ0v) is 14.3. The largest absolute Gasteiger partial charge is 0.393 e. The Morgan fingerprint density at radius 2 is 2.05 bits per heavy atom. The van der Waals surface area contributed by atoms with Crippen LogP contribution in [-0.2, 0) is 0 Å². The zero-order valence-electron chi connectivity index (χ0n) is 12.7. The van der Waals surface area contributed by atoms with Gasteiger partial charge in [-0.25, -0.2) is 0 Å². The molecule has 20 heavy (non-hydrogen) atoms. The number of aromatic amines is 1. The predicted molar refractivity (Wildman–Crippen MR) is 82.8 cm³/mol. The molecule has 3 N–H and O–H groups in total. The normalized spacial score (nSPS) is 13.6. The number of halogens is 1. The molecule has 1 aromatic heterocycles. The fourth-order valence-corrected chi connectivity index (χ4v) is 2.97. The molecule has 0 saturated carbocycles. The smallest absolute Gasteiger partial charge is 0.272 e. The predicted octanol–water partition coefficient (Wildman–Crippen LogP) is 2.82. The fourth-order valence-electron chi connectivity index (χ4n) is 2.15. The zero-order chi connectivity index (χ0) is 15.5. The molecule has 0 aliphatic rings. The van der Waals surface area contributed by atoms with Crippen molar-refractivity contribution < 1.29 is 9.90 Å². The van der Waals surface area contributed by atoms with E-state index in [1.807, 2.05) is 27.7 Å². The lowest BCUT2D eigenvalue weighted by Gasteiger charge is -2.26. The van der Waals surface area contributed by atoms with Crippen LogP contribution in [0, 0.1) is 5.41 Å². The van der Waals surface area contributed by atoms with E-state index in [9.17, 15) is 9.90 Å². The van der Waals surface area contributed by atoms with Gasteiger partial charge in [-0.3, -0.25) is 9.89 Å². The summed E-state index contributed by atoms with van der Waals surface area (Å²) in [4.78, 5) is 12.1. The minimum Gasteiger partial charge on any atom is -0.393 e. The maximum atomic E-state index is 12.1. The average Bonchev–Trinajstić information content (AvgIpc) is 2.66. The Morgan fingerprint density at radius 3 is 2.50 bits per heavy atom. The third-order valence-corrected chi connectivity index (χ3v) is 3.90. The number of nitrogens with one attached hydrogen (secondary N) is 2. The van der Waals surface area contributed by atoms with Gasteiger partial charge in [0.15, 0.2) is 5.69 Å². The van der Waals surface area contributed by atoms with Crippen LogP contribution in [0.25, 0.3) is 0 Å². The van der Waals surface area contributed by atoms with Crippen molar-refractivity contribution in [3.05, 3.63) is 15.9 Å². The van der Waals surface area contributed by atoms with Gasteiger partial charge in [-0.1, -0.05) is 27.7 Å². The number of carbonyl (C=O) groups excluding carboxylic acids is 1. The number of hydrogen-bond acceptors (Lipinski definition) is 3. The van der Waals surface area contributed by atoms with Crippen LogP contribution in [0.1, 0.15) is 63.1 Å². The van der Waals surface area contributed by atoms with E-state index in [-0.39, 0.29) is 23.3 Å². The van der Waals surface area contributed by atoms with Gasteiger partial charge in [-0.2, -0.15) is 5.10 Å². The van der Waals surface area contributed by atoms with Crippen LogP contribution in [0.3, 0.4) is 0 Å². The number of H-pyrrole nitrogens is 1. The monoisotopic (exact) mass is 345 g/mol. The summed E-state index contributed by atoms with van der Waals surface area (Å²) in [6.45, 7) is 10.3. The summed E-state index contributed by atoms with van der Waals surface area (Å²) in [6, 6.07) is 0. The second-order valence-electron chi connectivity index (χ2n) is 6.35. The minimum atomic E-state index is -0.383. The Hall–Kier alpha value is -0.880. The summed E-state index contributed by atoms with van der Waals surface area (Å²) in [7, 11) is 0. The van der Waals surface area contributed by atoms with Gasteiger partial charge >= 0.3 is 0 Å². The van der Waals surface area contributed by atoms with Gasteiger partial charge in [0, 0.05) is 6.54 Å². The lowest BCUT2D eigenvalue weighted by atomic mass is 9.87. The van der Waals surface area contributed by atoms with Crippen LogP contribution in [0.4, 0.5) is 0 Å². The van der Waals surface area contributed by atoms with E-state index in [1.54, 1.807) is 6.92 Å². The van der Waals surface area contributed by atoms with Gasteiger partial charge in [0.2, 0.25) is 0 Å². The molecule has 114 valence electrons. The third kappa shape index (κ3) is 4.59. The van der Waals surface area contributed by atoms with Crippen molar-refractivity contribution in [3.63, 3.8) is 0 Å². The Kier molecular flexibility index (Phi) is 5.77. The topological polar surface area (TPSA) is 78.0 Å². The van der Waals surface area contributed by atoms with Crippen molar-refractivity contribution in [2.75, 3.05) is 6.54 Å².